The quantitative estimate of drug-likeness (QED) is 0.663. The molecule has 1 aliphatic rings. The summed E-state index contributed by atoms with van der Waals surface area (Å²) in [6.45, 7) is 11.7. The Kier molecular flexibility index (Phi) is 5.12. The third-order valence-electron chi connectivity index (χ3n) is 3.64. The Bertz CT molecular complexity index is 493. The molecule has 0 unspecified atom stereocenters. The van der Waals surface area contributed by atoms with Crippen LogP contribution in [-0.4, -0.2) is 31.4 Å². The number of methoxy groups -OCH3 is 1. The fraction of sp³-hybridized carbons (Fsp3) is 0.643. The average molecular weight is 297 g/mol. The van der Waals surface area contributed by atoms with Crippen LogP contribution < -0.4 is 11.4 Å². The Balaban J connectivity index is 0.00000106. The minimum absolute atomic E-state index is 0.0350. The van der Waals surface area contributed by atoms with Crippen LogP contribution in [0.15, 0.2) is 10.5 Å². The summed E-state index contributed by atoms with van der Waals surface area (Å²) in [4.78, 5) is 11.4. The van der Waals surface area contributed by atoms with Gasteiger partial charge in [-0.1, -0.05) is 13.8 Å². The molecule has 1 fully saturated rings. The SMILES string of the molecule is CC.COC(=O)c1oc(B2OC(C)(C)C(C)(C)O2)cc1N. The number of esters is 1. The number of furan rings is 1. The number of nitrogens with two attached hydrogens (primary N) is 1. The van der Waals surface area contributed by atoms with Crippen molar-refractivity contribution in [1.29, 1.82) is 0 Å². The first-order valence-electron chi connectivity index (χ1n) is 7.01. The third kappa shape index (κ3) is 3.24. The summed E-state index contributed by atoms with van der Waals surface area (Å²) >= 11 is 0. The molecule has 0 radical (unpaired) electrons. The Morgan fingerprint density at radius 3 is 2.10 bits per heavy atom. The predicted molar refractivity (Wildman–Crippen MR) is 81.5 cm³/mol. The first kappa shape index (κ1) is 17.6. The molecule has 118 valence electrons. The van der Waals surface area contributed by atoms with E-state index in [1.165, 1.54) is 13.2 Å². The van der Waals surface area contributed by atoms with Crippen molar-refractivity contribution in [3.63, 3.8) is 0 Å². The summed E-state index contributed by atoms with van der Waals surface area (Å²) in [5.41, 5.74) is 5.32. The molecule has 1 aromatic rings. The highest BCUT2D eigenvalue weighted by atomic mass is 16.7. The fourth-order valence-corrected chi connectivity index (χ4v) is 1.75. The number of carbonyl (C=O) groups is 1. The van der Waals surface area contributed by atoms with Crippen LogP contribution in [0.25, 0.3) is 0 Å². The van der Waals surface area contributed by atoms with Crippen molar-refractivity contribution in [3.8, 4) is 0 Å². The van der Waals surface area contributed by atoms with Crippen molar-refractivity contribution < 1.29 is 23.3 Å². The van der Waals surface area contributed by atoms with Crippen LogP contribution in [0.4, 0.5) is 5.69 Å². The van der Waals surface area contributed by atoms with Gasteiger partial charge in [0.15, 0.2) is 0 Å². The molecule has 2 N–H and O–H groups in total. The van der Waals surface area contributed by atoms with E-state index in [2.05, 4.69) is 4.74 Å². The molecule has 0 amide bonds. The number of anilines is 1. The fourth-order valence-electron chi connectivity index (χ4n) is 1.75. The van der Waals surface area contributed by atoms with Gasteiger partial charge in [0.2, 0.25) is 5.76 Å². The minimum Gasteiger partial charge on any atom is -0.463 e. The monoisotopic (exact) mass is 297 g/mol. The molecule has 2 rings (SSSR count). The molecular weight excluding hydrogens is 273 g/mol. The third-order valence-corrected chi connectivity index (χ3v) is 3.64. The Hall–Kier alpha value is -1.47. The molecule has 1 aliphatic heterocycles. The van der Waals surface area contributed by atoms with Crippen molar-refractivity contribution in [3.05, 3.63) is 11.8 Å². The van der Waals surface area contributed by atoms with Gasteiger partial charge >= 0.3 is 13.1 Å². The largest absolute Gasteiger partial charge is 0.532 e. The molecule has 0 atom stereocenters. The Morgan fingerprint density at radius 1 is 1.19 bits per heavy atom. The summed E-state index contributed by atoms with van der Waals surface area (Å²) in [6, 6.07) is 1.52. The summed E-state index contributed by atoms with van der Waals surface area (Å²) in [5, 5.41) is 0. The second-order valence-electron chi connectivity index (χ2n) is 5.51. The van der Waals surface area contributed by atoms with Gasteiger partial charge < -0.3 is 24.2 Å². The predicted octanol–water partition coefficient (Wildman–Crippen LogP) is 1.97. The zero-order valence-corrected chi connectivity index (χ0v) is 13.8. The highest BCUT2D eigenvalue weighted by Gasteiger charge is 2.53. The van der Waals surface area contributed by atoms with E-state index < -0.39 is 24.3 Å². The molecule has 2 heterocycles. The molecule has 1 saturated heterocycles. The number of carbonyl (C=O) groups excluding carboxylic acids is 1. The van der Waals surface area contributed by atoms with Crippen molar-refractivity contribution in [1.82, 2.24) is 0 Å². The molecule has 0 bridgehead atoms. The van der Waals surface area contributed by atoms with Gasteiger partial charge in [-0.25, -0.2) is 4.79 Å². The highest BCUT2D eigenvalue weighted by Crippen LogP contribution is 2.36. The van der Waals surface area contributed by atoms with Crippen LogP contribution >= 0.6 is 0 Å². The number of hydrogen-bond donors (Lipinski definition) is 1. The maximum Gasteiger partial charge on any atom is 0.532 e. The number of hydrogen-bond acceptors (Lipinski definition) is 6. The first-order valence-corrected chi connectivity index (χ1v) is 7.01. The minimum atomic E-state index is -0.689. The number of ether oxygens (including phenoxy) is 1. The molecule has 0 aliphatic carbocycles. The van der Waals surface area contributed by atoms with E-state index >= 15 is 0 Å². The van der Waals surface area contributed by atoms with Gasteiger partial charge in [0, 0.05) is 6.07 Å². The second kappa shape index (κ2) is 6.11. The maximum absolute atomic E-state index is 11.4. The first-order chi connectivity index (χ1) is 9.68. The van der Waals surface area contributed by atoms with E-state index in [0.29, 0.717) is 5.66 Å². The topological polar surface area (TPSA) is 83.9 Å². The van der Waals surface area contributed by atoms with Gasteiger partial charge in [-0.2, -0.15) is 0 Å². The van der Waals surface area contributed by atoms with Crippen LogP contribution in [0.5, 0.6) is 0 Å². The van der Waals surface area contributed by atoms with Gasteiger partial charge in [0.1, 0.15) is 5.66 Å². The summed E-state index contributed by atoms with van der Waals surface area (Å²) in [5.74, 6) is -0.660. The van der Waals surface area contributed by atoms with Crippen LogP contribution in [0.3, 0.4) is 0 Å². The van der Waals surface area contributed by atoms with Crippen LogP contribution in [0, 0.1) is 0 Å². The van der Waals surface area contributed by atoms with Crippen molar-refractivity contribution in [2.75, 3.05) is 12.8 Å². The average Bonchev–Trinajstić information content (AvgIpc) is 2.89. The highest BCUT2D eigenvalue weighted by molar-refractivity contribution is 6.60. The van der Waals surface area contributed by atoms with Gasteiger partial charge in [-0.3, -0.25) is 0 Å². The molecule has 0 aromatic carbocycles. The van der Waals surface area contributed by atoms with Gasteiger partial charge in [0.25, 0.3) is 0 Å². The van der Waals surface area contributed by atoms with Crippen molar-refractivity contribution >= 4 is 24.4 Å². The Labute approximate surface area is 126 Å². The van der Waals surface area contributed by atoms with E-state index in [9.17, 15) is 4.79 Å². The van der Waals surface area contributed by atoms with Gasteiger partial charge in [-0.15, -0.1) is 0 Å². The van der Waals surface area contributed by atoms with Gasteiger partial charge in [-0.05, 0) is 27.7 Å². The van der Waals surface area contributed by atoms with Crippen molar-refractivity contribution in [2.45, 2.75) is 52.7 Å². The van der Waals surface area contributed by atoms with E-state index in [1.807, 2.05) is 41.5 Å². The zero-order valence-electron chi connectivity index (χ0n) is 13.8. The summed E-state index contributed by atoms with van der Waals surface area (Å²) < 4.78 is 21.6. The number of rotatable bonds is 2. The molecular formula is C14H24BNO5. The van der Waals surface area contributed by atoms with Crippen LogP contribution in [0.2, 0.25) is 0 Å². The smallest absolute Gasteiger partial charge is 0.463 e. The molecule has 7 heteroatoms. The maximum atomic E-state index is 11.4. The lowest BCUT2D eigenvalue weighted by molar-refractivity contribution is 0.00578. The van der Waals surface area contributed by atoms with E-state index in [-0.39, 0.29) is 11.4 Å². The standard InChI is InChI=1S/C12H18BNO5.C2H6/c1-11(2)12(3,4)19-13(18-11)8-6-7(14)9(17-8)10(15)16-5;1-2/h6H,14H2,1-5H3;1-2H3. The molecule has 1 aromatic heterocycles. The molecule has 0 spiro atoms. The lowest BCUT2D eigenvalue weighted by Crippen LogP contribution is -2.41. The molecule has 6 nitrogen and oxygen atoms in total. The normalized spacial score (nSPS) is 18.9. The van der Waals surface area contributed by atoms with Crippen LogP contribution in [-0.2, 0) is 14.0 Å². The van der Waals surface area contributed by atoms with E-state index in [0.717, 1.165) is 0 Å². The second-order valence-corrected chi connectivity index (χ2v) is 5.51. The Morgan fingerprint density at radius 2 is 1.67 bits per heavy atom. The molecule has 21 heavy (non-hydrogen) atoms. The summed E-state index contributed by atoms with van der Waals surface area (Å²) in [6.07, 6.45) is 0. The lowest BCUT2D eigenvalue weighted by atomic mass is 9.86. The van der Waals surface area contributed by atoms with Crippen LogP contribution in [0.1, 0.15) is 52.1 Å². The van der Waals surface area contributed by atoms with E-state index in [1.54, 1.807) is 0 Å². The van der Waals surface area contributed by atoms with Crippen molar-refractivity contribution in [2.24, 2.45) is 0 Å². The number of nitrogen functional groups attached to an aromatic ring is 1. The zero-order chi connectivity index (χ0) is 16.4. The lowest BCUT2D eigenvalue weighted by Gasteiger charge is -2.32. The van der Waals surface area contributed by atoms with E-state index in [4.69, 9.17) is 19.5 Å². The summed E-state index contributed by atoms with van der Waals surface area (Å²) in [7, 11) is 0.573. The molecule has 0 saturated carbocycles. The van der Waals surface area contributed by atoms with Gasteiger partial charge in [0.05, 0.1) is 24.0 Å².